The van der Waals surface area contributed by atoms with Crippen molar-refractivity contribution in [3.05, 3.63) is 17.1 Å². The minimum Gasteiger partial charge on any atom is -0.355 e. The van der Waals surface area contributed by atoms with Gasteiger partial charge in [-0.2, -0.15) is 0 Å². The predicted molar refractivity (Wildman–Crippen MR) is 97.8 cm³/mol. The smallest absolute Gasteiger partial charge is 0.292 e. The zero-order valence-corrected chi connectivity index (χ0v) is 15.4. The van der Waals surface area contributed by atoms with Crippen LogP contribution in [0, 0.1) is 13.8 Å². The van der Waals surface area contributed by atoms with Gasteiger partial charge >= 0.3 is 0 Å². The molecule has 2 aliphatic heterocycles. The number of piperidine rings is 1. The monoisotopic (exact) mass is 343 g/mol. The molecule has 1 amide bonds. The van der Waals surface area contributed by atoms with Crippen LogP contribution in [0.1, 0.15) is 66.8 Å². The van der Waals surface area contributed by atoms with E-state index in [1.54, 1.807) is 0 Å². The molecular weight excluding hydrogens is 314 g/mol. The third kappa shape index (κ3) is 2.80. The van der Waals surface area contributed by atoms with E-state index in [9.17, 15) is 4.79 Å². The van der Waals surface area contributed by atoms with E-state index < -0.39 is 0 Å². The summed E-state index contributed by atoms with van der Waals surface area (Å²) < 4.78 is 0. The van der Waals surface area contributed by atoms with E-state index in [1.165, 1.54) is 12.8 Å². The van der Waals surface area contributed by atoms with Gasteiger partial charge in [-0.1, -0.05) is 0 Å². The van der Waals surface area contributed by atoms with Gasteiger partial charge in [0, 0.05) is 42.5 Å². The van der Waals surface area contributed by atoms with E-state index in [2.05, 4.69) is 14.8 Å². The van der Waals surface area contributed by atoms with Gasteiger partial charge in [-0.3, -0.25) is 4.79 Å². The Bertz CT molecular complexity index is 685. The molecule has 3 heterocycles. The minimum absolute atomic E-state index is 0.0206. The maximum atomic E-state index is 13.3. The standard InChI is InChI=1S/C19H29N5O/c1-13-14(2)21-16(22-17(13)23-11-6-15(20)12-23)18(25)24-10-4-3-7-19(24)8-5-9-19/h15H,3-12,20H2,1-2H3/t15-/m1/s1. The molecular formula is C19H29N5O. The van der Waals surface area contributed by atoms with Crippen molar-refractivity contribution >= 4 is 11.7 Å². The molecule has 2 saturated heterocycles. The number of anilines is 1. The number of nitrogens with zero attached hydrogens (tertiary/aromatic N) is 4. The molecule has 1 atom stereocenters. The quantitative estimate of drug-likeness (QED) is 0.891. The fraction of sp³-hybridized carbons (Fsp3) is 0.737. The van der Waals surface area contributed by atoms with Gasteiger partial charge in [0.15, 0.2) is 0 Å². The summed E-state index contributed by atoms with van der Waals surface area (Å²) >= 11 is 0. The van der Waals surface area contributed by atoms with Gasteiger partial charge in [-0.05, 0) is 58.8 Å². The van der Waals surface area contributed by atoms with Crippen molar-refractivity contribution in [1.82, 2.24) is 14.9 Å². The Labute approximate surface area is 149 Å². The fourth-order valence-corrected chi connectivity index (χ4v) is 4.64. The van der Waals surface area contributed by atoms with Gasteiger partial charge in [0.25, 0.3) is 5.91 Å². The van der Waals surface area contributed by atoms with Gasteiger partial charge in [0.05, 0.1) is 0 Å². The molecule has 6 nitrogen and oxygen atoms in total. The highest BCUT2D eigenvalue weighted by molar-refractivity contribution is 5.92. The van der Waals surface area contributed by atoms with Gasteiger partial charge in [-0.15, -0.1) is 0 Å². The van der Waals surface area contributed by atoms with Crippen LogP contribution in [0.5, 0.6) is 0 Å². The van der Waals surface area contributed by atoms with Gasteiger partial charge in [-0.25, -0.2) is 9.97 Å². The molecule has 1 spiro atoms. The fourth-order valence-electron chi connectivity index (χ4n) is 4.64. The van der Waals surface area contributed by atoms with Gasteiger partial charge in [0.2, 0.25) is 5.82 Å². The summed E-state index contributed by atoms with van der Waals surface area (Å²) in [6.45, 7) is 6.57. The van der Waals surface area contributed by atoms with Crippen molar-refractivity contribution in [2.45, 2.75) is 70.4 Å². The molecule has 1 aromatic heterocycles. The third-order valence-corrected chi connectivity index (χ3v) is 6.45. The summed E-state index contributed by atoms with van der Waals surface area (Å²) in [6.07, 6.45) is 7.93. The van der Waals surface area contributed by atoms with Crippen molar-refractivity contribution in [2.75, 3.05) is 24.5 Å². The molecule has 0 radical (unpaired) electrons. The zero-order valence-electron chi connectivity index (χ0n) is 15.4. The van der Waals surface area contributed by atoms with E-state index in [0.29, 0.717) is 5.82 Å². The van der Waals surface area contributed by atoms with Crippen LogP contribution in [0.15, 0.2) is 0 Å². The first-order chi connectivity index (χ1) is 12.0. The largest absolute Gasteiger partial charge is 0.355 e. The van der Waals surface area contributed by atoms with E-state index in [-0.39, 0.29) is 17.5 Å². The summed E-state index contributed by atoms with van der Waals surface area (Å²) in [6, 6.07) is 0.189. The highest BCUT2D eigenvalue weighted by atomic mass is 16.2. The Balaban J connectivity index is 1.65. The van der Waals surface area contributed by atoms with E-state index in [1.807, 2.05) is 13.8 Å². The van der Waals surface area contributed by atoms with Crippen LogP contribution >= 0.6 is 0 Å². The van der Waals surface area contributed by atoms with Crippen LogP contribution in [0.25, 0.3) is 0 Å². The summed E-state index contributed by atoms with van der Waals surface area (Å²) in [4.78, 5) is 26.8. The lowest BCUT2D eigenvalue weighted by Crippen LogP contribution is -2.58. The number of amides is 1. The zero-order chi connectivity index (χ0) is 17.6. The van der Waals surface area contributed by atoms with Crippen LogP contribution < -0.4 is 10.6 Å². The van der Waals surface area contributed by atoms with Crippen LogP contribution in [0.3, 0.4) is 0 Å². The number of carbonyl (C=O) groups is 1. The van der Waals surface area contributed by atoms with E-state index in [4.69, 9.17) is 10.7 Å². The number of nitrogens with two attached hydrogens (primary N) is 1. The van der Waals surface area contributed by atoms with Crippen molar-refractivity contribution in [3.63, 3.8) is 0 Å². The van der Waals surface area contributed by atoms with Crippen LogP contribution in [0.2, 0.25) is 0 Å². The SMILES string of the molecule is Cc1nc(C(=O)N2CCCCC23CCC3)nc(N2CC[C@@H](N)C2)c1C. The number of aryl methyl sites for hydroxylation is 1. The summed E-state index contributed by atoms with van der Waals surface area (Å²) in [5.74, 6) is 1.28. The Kier molecular flexibility index (Phi) is 4.18. The lowest BCUT2D eigenvalue weighted by Gasteiger charge is -2.53. The second-order valence-electron chi connectivity index (χ2n) is 8.07. The Morgan fingerprint density at radius 1 is 1.12 bits per heavy atom. The average molecular weight is 343 g/mol. The van der Waals surface area contributed by atoms with E-state index >= 15 is 0 Å². The van der Waals surface area contributed by atoms with Gasteiger partial charge < -0.3 is 15.5 Å². The van der Waals surface area contributed by atoms with Crippen LogP contribution in [-0.2, 0) is 0 Å². The lowest BCUT2D eigenvalue weighted by atomic mass is 9.70. The molecule has 3 fully saturated rings. The Hall–Kier alpha value is -1.69. The number of likely N-dealkylation sites (tertiary alicyclic amines) is 1. The van der Waals surface area contributed by atoms with Gasteiger partial charge in [0.1, 0.15) is 5.82 Å². The Morgan fingerprint density at radius 2 is 1.88 bits per heavy atom. The molecule has 4 rings (SSSR count). The molecule has 3 aliphatic rings. The first-order valence-electron chi connectivity index (χ1n) is 9.68. The highest BCUT2D eigenvalue weighted by Gasteiger charge is 2.46. The molecule has 0 unspecified atom stereocenters. The van der Waals surface area contributed by atoms with Crippen molar-refractivity contribution in [1.29, 1.82) is 0 Å². The molecule has 2 N–H and O–H groups in total. The summed E-state index contributed by atoms with van der Waals surface area (Å²) in [5, 5.41) is 0. The number of hydrogen-bond donors (Lipinski definition) is 1. The predicted octanol–water partition coefficient (Wildman–Crippen LogP) is 2.18. The van der Waals surface area contributed by atoms with Crippen molar-refractivity contribution < 1.29 is 4.79 Å². The lowest BCUT2D eigenvalue weighted by molar-refractivity contribution is -0.00675. The van der Waals surface area contributed by atoms with Crippen molar-refractivity contribution in [3.8, 4) is 0 Å². The topological polar surface area (TPSA) is 75.4 Å². The molecule has 1 aliphatic carbocycles. The minimum atomic E-state index is 0.0206. The number of hydrogen-bond acceptors (Lipinski definition) is 5. The third-order valence-electron chi connectivity index (χ3n) is 6.45. The first-order valence-corrected chi connectivity index (χ1v) is 9.68. The summed E-state index contributed by atoms with van der Waals surface area (Å²) in [5.41, 5.74) is 8.11. The first kappa shape index (κ1) is 16.8. The van der Waals surface area contributed by atoms with Crippen LogP contribution in [-0.4, -0.2) is 52.0 Å². The molecule has 0 aromatic carbocycles. The average Bonchev–Trinajstić information content (AvgIpc) is 3.01. The maximum absolute atomic E-state index is 13.3. The second kappa shape index (κ2) is 6.24. The Morgan fingerprint density at radius 3 is 2.52 bits per heavy atom. The normalized spacial score (nSPS) is 25.3. The molecule has 6 heteroatoms. The van der Waals surface area contributed by atoms with Crippen LogP contribution in [0.4, 0.5) is 5.82 Å². The number of aromatic nitrogens is 2. The van der Waals surface area contributed by atoms with Crippen molar-refractivity contribution in [2.24, 2.45) is 5.73 Å². The number of carbonyl (C=O) groups excluding carboxylic acids is 1. The molecule has 1 saturated carbocycles. The molecule has 0 bridgehead atoms. The number of rotatable bonds is 2. The maximum Gasteiger partial charge on any atom is 0.292 e. The van der Waals surface area contributed by atoms with E-state index in [0.717, 1.165) is 68.8 Å². The highest BCUT2D eigenvalue weighted by Crippen LogP contribution is 2.44. The molecule has 1 aromatic rings. The molecule has 136 valence electrons. The summed E-state index contributed by atoms with van der Waals surface area (Å²) in [7, 11) is 0. The molecule has 25 heavy (non-hydrogen) atoms. The second-order valence-corrected chi connectivity index (χ2v) is 8.07.